The highest BCUT2D eigenvalue weighted by Crippen LogP contribution is 2.55. The Morgan fingerprint density at radius 3 is 1.76 bits per heavy atom. The molecule has 41 heavy (non-hydrogen) atoms. The van der Waals surface area contributed by atoms with Crippen LogP contribution in [0.5, 0.6) is 5.75 Å². The van der Waals surface area contributed by atoms with E-state index in [4.69, 9.17) is 11.6 Å². The number of hydrogen-bond donors (Lipinski definition) is 3. The molecule has 0 radical (unpaired) electrons. The first-order valence-corrected chi connectivity index (χ1v) is 9.54. The Morgan fingerprint density at radius 2 is 1.34 bits per heavy atom. The average molecular weight is 641 g/mol. The van der Waals surface area contributed by atoms with E-state index in [1.165, 1.54) is 10.2 Å². The standard InChI is InChI=1S/C17H11F16N3O5/c18-10(11(19,20)39-8-3-5(7(37)4-34)1-2-6(8)9(38)36-35)40-17(32,33)13(23,15(27,28)29)41-16(30,31)12(21,22)14(24,25)26/h1-3,10H,4,34-35H2,(H,36,38). The molecule has 8 nitrogen and oxygen atoms in total. The highest BCUT2D eigenvalue weighted by molar-refractivity contribution is 6.01. The van der Waals surface area contributed by atoms with Crippen LogP contribution in [0.2, 0.25) is 0 Å². The molecule has 0 fully saturated rings. The molecule has 0 aliphatic carbocycles. The monoisotopic (exact) mass is 641 g/mol. The summed E-state index contributed by atoms with van der Waals surface area (Å²) in [5.41, 5.74) is 4.40. The molecule has 0 aliphatic rings. The molecule has 236 valence electrons. The molecule has 1 aromatic rings. The van der Waals surface area contributed by atoms with Crippen molar-refractivity contribution in [1.82, 2.24) is 5.43 Å². The van der Waals surface area contributed by atoms with E-state index in [0.717, 1.165) is 0 Å². The summed E-state index contributed by atoms with van der Waals surface area (Å²) in [5, 5.41) is 0. The van der Waals surface area contributed by atoms with Crippen LogP contribution in [0.4, 0.5) is 70.2 Å². The second-order valence-electron chi connectivity index (χ2n) is 7.21. The molecule has 0 aliphatic heterocycles. The van der Waals surface area contributed by atoms with Gasteiger partial charge in [-0.1, -0.05) is 6.07 Å². The Morgan fingerprint density at radius 1 is 0.829 bits per heavy atom. The van der Waals surface area contributed by atoms with Crippen LogP contribution in [0.3, 0.4) is 0 Å². The van der Waals surface area contributed by atoms with Gasteiger partial charge in [-0.15, -0.1) is 0 Å². The van der Waals surface area contributed by atoms with Gasteiger partial charge in [0.1, 0.15) is 5.75 Å². The molecule has 24 heteroatoms. The first-order chi connectivity index (χ1) is 18.1. The molecule has 0 aromatic heterocycles. The number of carbonyl (C=O) groups excluding carboxylic acids is 2. The molecular weight excluding hydrogens is 630 g/mol. The molecule has 0 bridgehead atoms. The summed E-state index contributed by atoms with van der Waals surface area (Å²) in [7, 11) is 0. The van der Waals surface area contributed by atoms with Crippen molar-refractivity contribution in [2.75, 3.05) is 6.54 Å². The predicted octanol–water partition coefficient (Wildman–Crippen LogP) is 4.34. The Kier molecular flexibility index (Phi) is 9.88. The lowest BCUT2D eigenvalue weighted by Crippen LogP contribution is -2.66. The van der Waals surface area contributed by atoms with Gasteiger partial charge in [0.25, 0.3) is 5.91 Å². The van der Waals surface area contributed by atoms with Crippen LogP contribution < -0.4 is 21.7 Å². The van der Waals surface area contributed by atoms with E-state index >= 15 is 0 Å². The number of alkyl halides is 16. The fraction of sp³-hybridized carbons (Fsp3) is 0.529. The van der Waals surface area contributed by atoms with Gasteiger partial charge in [-0.05, 0) is 12.1 Å². The van der Waals surface area contributed by atoms with Gasteiger partial charge in [0.2, 0.25) is 0 Å². The maximum atomic E-state index is 14.2. The van der Waals surface area contributed by atoms with Crippen LogP contribution in [0.25, 0.3) is 0 Å². The fourth-order valence-corrected chi connectivity index (χ4v) is 2.32. The van der Waals surface area contributed by atoms with Crippen molar-refractivity contribution < 1.29 is 94.0 Å². The molecule has 5 N–H and O–H groups in total. The number of carbonyl (C=O) groups is 2. The number of hydrogen-bond acceptors (Lipinski definition) is 7. The van der Waals surface area contributed by atoms with Gasteiger partial charge in [0.05, 0.1) is 12.1 Å². The van der Waals surface area contributed by atoms with E-state index in [1.807, 2.05) is 0 Å². The van der Waals surface area contributed by atoms with Gasteiger partial charge in [0.15, 0.2) is 5.78 Å². The van der Waals surface area contributed by atoms with Crippen molar-refractivity contribution in [2.45, 2.75) is 48.8 Å². The Balaban J connectivity index is 3.52. The lowest BCUT2D eigenvalue weighted by atomic mass is 10.1. The first kappa shape index (κ1) is 35.9. The number of Topliss-reactive ketones (excluding diaryl/α,β-unsaturated/α-hetero) is 1. The third kappa shape index (κ3) is 7.03. The highest BCUT2D eigenvalue weighted by atomic mass is 19.4. The summed E-state index contributed by atoms with van der Waals surface area (Å²) in [4.78, 5) is 23.3. The molecule has 2 unspecified atom stereocenters. The predicted molar refractivity (Wildman–Crippen MR) is 94.9 cm³/mol. The summed E-state index contributed by atoms with van der Waals surface area (Å²) in [6.45, 7) is -0.854. The second-order valence-corrected chi connectivity index (χ2v) is 7.21. The van der Waals surface area contributed by atoms with Gasteiger partial charge in [-0.3, -0.25) is 24.5 Å². The van der Waals surface area contributed by atoms with Gasteiger partial charge in [-0.2, -0.15) is 65.9 Å². The van der Waals surface area contributed by atoms with Crippen molar-refractivity contribution in [2.24, 2.45) is 11.6 Å². The van der Waals surface area contributed by atoms with E-state index in [9.17, 15) is 79.8 Å². The summed E-state index contributed by atoms with van der Waals surface area (Å²) < 4.78 is 219. The first-order valence-electron chi connectivity index (χ1n) is 9.54. The highest BCUT2D eigenvalue weighted by Gasteiger charge is 2.84. The van der Waals surface area contributed by atoms with E-state index in [0.29, 0.717) is 12.1 Å². The molecule has 1 rings (SSSR count). The normalized spacial score (nSPS) is 16.1. The van der Waals surface area contributed by atoms with E-state index in [-0.39, 0.29) is 6.07 Å². The summed E-state index contributed by atoms with van der Waals surface area (Å²) in [6.07, 6.45) is -42.4. The average Bonchev–Trinajstić information content (AvgIpc) is 2.80. The second kappa shape index (κ2) is 11.3. The van der Waals surface area contributed by atoms with Crippen molar-refractivity contribution in [3.63, 3.8) is 0 Å². The molecule has 0 saturated carbocycles. The number of amides is 1. The van der Waals surface area contributed by atoms with E-state index in [1.54, 1.807) is 0 Å². The Hall–Kier alpha value is -3.12. The van der Waals surface area contributed by atoms with Crippen LogP contribution >= 0.6 is 0 Å². The zero-order valence-corrected chi connectivity index (χ0v) is 18.8. The number of benzene rings is 1. The van der Waals surface area contributed by atoms with Crippen LogP contribution in [-0.4, -0.2) is 67.0 Å². The third-order valence-electron chi connectivity index (χ3n) is 4.36. The molecule has 0 heterocycles. The fourth-order valence-electron chi connectivity index (χ4n) is 2.32. The number of ketones is 1. The van der Waals surface area contributed by atoms with Crippen LogP contribution in [0.15, 0.2) is 18.2 Å². The minimum atomic E-state index is -7.88. The van der Waals surface area contributed by atoms with Crippen LogP contribution in [0, 0.1) is 0 Å². The molecule has 0 spiro atoms. The van der Waals surface area contributed by atoms with Crippen molar-refractivity contribution >= 4 is 11.7 Å². The largest absolute Gasteiger partial charge is 0.462 e. The Bertz CT molecular complexity index is 1130. The Labute approximate surface area is 214 Å². The quantitative estimate of drug-likeness (QED) is 0.102. The topological polar surface area (TPSA) is 126 Å². The maximum absolute atomic E-state index is 14.2. The summed E-state index contributed by atoms with van der Waals surface area (Å²) in [5.74, 6) is -15.4. The van der Waals surface area contributed by atoms with Gasteiger partial charge < -0.3 is 10.5 Å². The third-order valence-corrected chi connectivity index (χ3v) is 4.36. The maximum Gasteiger partial charge on any atom is 0.462 e. The zero-order chi connectivity index (χ0) is 32.6. The minimum absolute atomic E-state index is 0.149. The number of nitrogens with two attached hydrogens (primary N) is 2. The van der Waals surface area contributed by atoms with E-state index in [2.05, 4.69) is 9.47 Å². The van der Waals surface area contributed by atoms with Crippen molar-refractivity contribution in [3.05, 3.63) is 29.3 Å². The van der Waals surface area contributed by atoms with Gasteiger partial charge >= 0.3 is 48.8 Å². The molecular formula is C17H11F16N3O5. The molecule has 1 aromatic carbocycles. The lowest BCUT2D eigenvalue weighted by molar-refractivity contribution is -0.543. The molecule has 1 amide bonds. The van der Waals surface area contributed by atoms with E-state index < -0.39 is 83.9 Å². The number of ether oxygens (including phenoxy) is 3. The molecule has 2 atom stereocenters. The van der Waals surface area contributed by atoms with Crippen LogP contribution in [-0.2, 0) is 9.47 Å². The number of nitrogens with one attached hydrogen (secondary N) is 1. The number of nitrogen functional groups attached to an aromatic ring is 1. The SMILES string of the molecule is NCC(=O)c1ccc(C(=O)NN)c(OC(F)(F)C(F)OC(F)(F)C(F)(OC(F)(F)C(F)(F)C(F)(F)F)C(F)(F)F)c1. The lowest BCUT2D eigenvalue weighted by Gasteiger charge is -2.38. The summed E-state index contributed by atoms with van der Waals surface area (Å²) >= 11 is 0. The van der Waals surface area contributed by atoms with Crippen molar-refractivity contribution in [1.29, 1.82) is 0 Å². The van der Waals surface area contributed by atoms with Gasteiger partial charge in [-0.25, -0.2) is 10.2 Å². The number of halogens is 16. The number of hydrazine groups is 1. The number of rotatable bonds is 12. The minimum Gasteiger partial charge on any atom is -0.428 e. The van der Waals surface area contributed by atoms with Crippen LogP contribution in [0.1, 0.15) is 20.7 Å². The zero-order valence-electron chi connectivity index (χ0n) is 18.8. The molecule has 0 saturated heterocycles. The smallest absolute Gasteiger partial charge is 0.428 e. The summed E-state index contributed by atoms with van der Waals surface area (Å²) in [6, 6.07) is 1.29. The van der Waals surface area contributed by atoms with Crippen molar-refractivity contribution in [3.8, 4) is 5.75 Å². The van der Waals surface area contributed by atoms with Gasteiger partial charge in [0, 0.05) is 5.56 Å².